The van der Waals surface area contributed by atoms with Gasteiger partial charge >= 0.3 is 0 Å². The zero-order valence-electron chi connectivity index (χ0n) is 17.0. The van der Waals surface area contributed by atoms with Crippen molar-refractivity contribution in [1.29, 1.82) is 5.26 Å². The molecule has 0 spiro atoms. The molecule has 2 saturated heterocycles. The van der Waals surface area contributed by atoms with Crippen molar-refractivity contribution in [2.45, 2.75) is 57.2 Å². The number of nitriles is 1. The van der Waals surface area contributed by atoms with E-state index in [-0.39, 0.29) is 0 Å². The van der Waals surface area contributed by atoms with Gasteiger partial charge in [-0.2, -0.15) is 15.3 Å². The van der Waals surface area contributed by atoms with Gasteiger partial charge in [-0.25, -0.2) is 4.98 Å². The van der Waals surface area contributed by atoms with Crippen LogP contribution in [-0.4, -0.2) is 54.7 Å². The maximum atomic E-state index is 8.93. The summed E-state index contributed by atoms with van der Waals surface area (Å²) in [5, 5.41) is 23.9. The first-order chi connectivity index (χ1) is 14.7. The second kappa shape index (κ2) is 7.88. The molecule has 9 nitrogen and oxygen atoms in total. The predicted octanol–water partition coefficient (Wildman–Crippen LogP) is 3.12. The van der Waals surface area contributed by atoms with Crippen molar-refractivity contribution < 1.29 is 0 Å². The molecule has 3 aromatic heterocycles. The SMILES string of the molecule is Cc1cc(Nc2nc(N[C@@H]3CC4CC[C@@H](C3)N4CCC#N)nc3cnccc23)n[nH]1. The summed E-state index contributed by atoms with van der Waals surface area (Å²) in [6, 6.07) is 7.55. The Hall–Kier alpha value is -3.25. The van der Waals surface area contributed by atoms with Crippen molar-refractivity contribution in [2.24, 2.45) is 0 Å². The Bertz CT molecular complexity index is 1070. The molecular formula is C21H25N9. The Morgan fingerprint density at radius 3 is 2.83 bits per heavy atom. The first kappa shape index (κ1) is 18.8. The minimum absolute atomic E-state index is 0.329. The summed E-state index contributed by atoms with van der Waals surface area (Å²) >= 11 is 0. The highest BCUT2D eigenvalue weighted by Gasteiger charge is 2.40. The van der Waals surface area contributed by atoms with Crippen LogP contribution in [0.1, 0.15) is 37.8 Å². The molecule has 30 heavy (non-hydrogen) atoms. The summed E-state index contributed by atoms with van der Waals surface area (Å²) < 4.78 is 0. The third-order valence-electron chi connectivity index (χ3n) is 6.15. The van der Waals surface area contributed by atoms with Gasteiger partial charge in [0.25, 0.3) is 0 Å². The number of aryl methyl sites for hydroxylation is 1. The van der Waals surface area contributed by atoms with Crippen LogP contribution in [0, 0.1) is 18.3 Å². The van der Waals surface area contributed by atoms with Gasteiger partial charge in [-0.15, -0.1) is 0 Å². The number of hydrogen-bond donors (Lipinski definition) is 3. The first-order valence-corrected chi connectivity index (χ1v) is 10.5. The molecule has 5 rings (SSSR count). The van der Waals surface area contributed by atoms with Crippen molar-refractivity contribution in [3.8, 4) is 6.07 Å². The quantitative estimate of drug-likeness (QED) is 0.574. The number of pyridine rings is 1. The smallest absolute Gasteiger partial charge is 0.225 e. The lowest BCUT2D eigenvalue weighted by molar-refractivity contribution is 0.135. The summed E-state index contributed by atoms with van der Waals surface area (Å²) in [6.45, 7) is 2.85. The Morgan fingerprint density at radius 1 is 1.27 bits per heavy atom. The maximum absolute atomic E-state index is 8.93. The van der Waals surface area contributed by atoms with Crippen molar-refractivity contribution >= 4 is 28.5 Å². The molecule has 3 atom stereocenters. The molecule has 154 valence electrons. The molecule has 2 fully saturated rings. The molecule has 3 aromatic rings. The highest BCUT2D eigenvalue weighted by atomic mass is 15.3. The molecule has 3 N–H and O–H groups in total. The van der Waals surface area contributed by atoms with Crippen LogP contribution in [0.2, 0.25) is 0 Å². The summed E-state index contributed by atoms with van der Waals surface area (Å²) in [5.74, 6) is 2.05. The Kier molecular flexibility index (Phi) is 4.93. The van der Waals surface area contributed by atoms with E-state index in [1.807, 2.05) is 19.1 Å². The van der Waals surface area contributed by atoms with Crippen molar-refractivity contribution in [2.75, 3.05) is 17.2 Å². The van der Waals surface area contributed by atoms with E-state index >= 15 is 0 Å². The molecule has 1 unspecified atom stereocenters. The highest BCUT2D eigenvalue weighted by Crippen LogP contribution is 2.37. The Morgan fingerprint density at radius 2 is 2.10 bits per heavy atom. The molecule has 0 amide bonds. The minimum Gasteiger partial charge on any atom is -0.351 e. The largest absolute Gasteiger partial charge is 0.351 e. The Labute approximate surface area is 174 Å². The third kappa shape index (κ3) is 3.66. The molecule has 2 aliphatic heterocycles. The number of nitrogens with one attached hydrogen (secondary N) is 3. The van der Waals surface area contributed by atoms with Crippen molar-refractivity contribution in [1.82, 2.24) is 30.0 Å². The molecule has 5 heterocycles. The monoisotopic (exact) mass is 403 g/mol. The molecular weight excluding hydrogens is 378 g/mol. The lowest BCUT2D eigenvalue weighted by Gasteiger charge is -2.38. The fourth-order valence-electron chi connectivity index (χ4n) is 4.86. The lowest BCUT2D eigenvalue weighted by atomic mass is 9.97. The molecule has 0 saturated carbocycles. The van der Waals surface area contributed by atoms with E-state index in [9.17, 15) is 0 Å². The number of nitrogens with zero attached hydrogens (tertiary/aromatic N) is 6. The highest BCUT2D eigenvalue weighted by molar-refractivity contribution is 5.90. The molecule has 0 radical (unpaired) electrons. The van der Waals surface area contributed by atoms with Gasteiger partial charge in [0.2, 0.25) is 5.95 Å². The van der Waals surface area contributed by atoms with E-state index < -0.39 is 0 Å². The van der Waals surface area contributed by atoms with E-state index in [0.29, 0.717) is 36.3 Å². The van der Waals surface area contributed by atoms with Crippen LogP contribution in [0.4, 0.5) is 17.6 Å². The normalized spacial score (nSPS) is 23.4. The number of anilines is 3. The summed E-state index contributed by atoms with van der Waals surface area (Å²) in [4.78, 5) is 16.2. The summed E-state index contributed by atoms with van der Waals surface area (Å²) in [7, 11) is 0. The number of hydrogen-bond acceptors (Lipinski definition) is 8. The van der Waals surface area contributed by atoms with E-state index in [2.05, 4.69) is 36.8 Å². The van der Waals surface area contributed by atoms with E-state index in [1.54, 1.807) is 12.4 Å². The number of piperidine rings is 1. The molecule has 9 heteroatoms. The summed E-state index contributed by atoms with van der Waals surface area (Å²) in [5.41, 5.74) is 1.77. The Balaban J connectivity index is 1.37. The number of aromatic amines is 1. The van der Waals surface area contributed by atoms with Gasteiger partial charge in [-0.1, -0.05) is 0 Å². The zero-order valence-corrected chi connectivity index (χ0v) is 17.0. The molecule has 2 bridgehead atoms. The minimum atomic E-state index is 0.329. The van der Waals surface area contributed by atoms with Crippen molar-refractivity contribution in [3.05, 3.63) is 30.2 Å². The van der Waals surface area contributed by atoms with Crippen LogP contribution in [0.3, 0.4) is 0 Å². The van der Waals surface area contributed by atoms with Gasteiger partial charge in [0.15, 0.2) is 5.82 Å². The van der Waals surface area contributed by atoms with Crippen LogP contribution < -0.4 is 10.6 Å². The van der Waals surface area contributed by atoms with E-state index in [1.165, 1.54) is 12.8 Å². The number of aromatic nitrogens is 5. The van der Waals surface area contributed by atoms with Crippen LogP contribution in [0.15, 0.2) is 24.5 Å². The van der Waals surface area contributed by atoms with Gasteiger partial charge in [0.1, 0.15) is 5.82 Å². The average molecular weight is 403 g/mol. The average Bonchev–Trinajstić information content (AvgIpc) is 3.25. The van der Waals surface area contributed by atoms with E-state index in [4.69, 9.17) is 15.2 Å². The van der Waals surface area contributed by atoms with Gasteiger partial charge in [-0.05, 0) is 38.7 Å². The first-order valence-electron chi connectivity index (χ1n) is 10.5. The second-order valence-corrected chi connectivity index (χ2v) is 8.19. The van der Waals surface area contributed by atoms with Crippen molar-refractivity contribution in [3.63, 3.8) is 0 Å². The van der Waals surface area contributed by atoms with Crippen LogP contribution in [0.5, 0.6) is 0 Å². The number of fused-ring (bicyclic) bond motifs is 3. The molecule has 0 aliphatic carbocycles. The lowest BCUT2D eigenvalue weighted by Crippen LogP contribution is -2.47. The van der Waals surface area contributed by atoms with Crippen LogP contribution in [-0.2, 0) is 0 Å². The molecule has 0 aromatic carbocycles. The van der Waals surface area contributed by atoms with Gasteiger partial charge in [0, 0.05) is 54.4 Å². The van der Waals surface area contributed by atoms with Gasteiger partial charge in [0.05, 0.1) is 17.8 Å². The van der Waals surface area contributed by atoms with Gasteiger partial charge in [-0.3, -0.25) is 15.0 Å². The topological polar surface area (TPSA) is 118 Å². The molecule has 2 aliphatic rings. The van der Waals surface area contributed by atoms with E-state index in [0.717, 1.165) is 41.8 Å². The predicted molar refractivity (Wildman–Crippen MR) is 114 cm³/mol. The fourth-order valence-corrected chi connectivity index (χ4v) is 4.86. The third-order valence-corrected chi connectivity index (χ3v) is 6.15. The van der Waals surface area contributed by atoms with Crippen LogP contribution >= 0.6 is 0 Å². The maximum Gasteiger partial charge on any atom is 0.225 e. The van der Waals surface area contributed by atoms with Crippen LogP contribution in [0.25, 0.3) is 10.9 Å². The second-order valence-electron chi connectivity index (χ2n) is 8.19. The fraction of sp³-hybridized carbons (Fsp3) is 0.476. The number of rotatable bonds is 6. The zero-order chi connectivity index (χ0) is 20.5. The standard InChI is InChI=1S/C21H25N9/c1-13-9-19(29-28-13)26-20-17-5-7-23-12-18(17)25-21(27-20)24-14-10-15-3-4-16(11-14)30(15)8-2-6-22/h5,7,9,12,14-16H,2-4,8,10-11H2,1H3,(H3,24,25,26,27,28,29)/t14-,15-,16?/m0/s1. The summed E-state index contributed by atoms with van der Waals surface area (Å²) in [6.07, 6.45) is 8.64. The van der Waals surface area contributed by atoms with Gasteiger partial charge < -0.3 is 10.6 Å². The number of H-pyrrole nitrogens is 1.